The molecule has 0 atom stereocenters. The highest BCUT2D eigenvalue weighted by atomic mass is 35.5. The fourth-order valence-corrected chi connectivity index (χ4v) is 4.51. The van der Waals surface area contributed by atoms with Crippen LogP contribution < -0.4 is 0 Å². The van der Waals surface area contributed by atoms with Crippen LogP contribution in [0, 0.1) is 0 Å². The van der Waals surface area contributed by atoms with Crippen molar-refractivity contribution in [2.45, 2.75) is 17.4 Å². The van der Waals surface area contributed by atoms with Gasteiger partial charge < -0.3 is 5.11 Å². The lowest BCUT2D eigenvalue weighted by atomic mass is 10.0. The van der Waals surface area contributed by atoms with E-state index >= 15 is 0 Å². The van der Waals surface area contributed by atoms with Gasteiger partial charge in [-0.2, -0.15) is 4.31 Å². The smallest absolute Gasteiger partial charge is 0.246 e. The summed E-state index contributed by atoms with van der Waals surface area (Å²) in [6.07, 6.45) is 0. The molecule has 0 bridgehead atoms. The van der Waals surface area contributed by atoms with Gasteiger partial charge in [0.2, 0.25) is 10.0 Å². The Morgan fingerprint density at radius 2 is 1.76 bits per heavy atom. The second kappa shape index (κ2) is 4.10. The van der Waals surface area contributed by atoms with E-state index in [2.05, 4.69) is 0 Å². The van der Waals surface area contributed by atoms with Crippen LogP contribution in [0.5, 0.6) is 0 Å². The Morgan fingerprint density at radius 1 is 1.29 bits per heavy atom. The van der Waals surface area contributed by atoms with Crippen molar-refractivity contribution in [3.05, 3.63) is 28.2 Å². The maximum atomic E-state index is 12.2. The molecule has 7 heteroatoms. The second-order valence-corrected chi connectivity index (χ2v) is 7.01. The molecule has 2 rings (SSSR count). The summed E-state index contributed by atoms with van der Waals surface area (Å²) in [5.74, 6) is 0. The average Bonchev–Trinajstić information content (AvgIpc) is 2.13. The fraction of sp³-hybridized carbons (Fsp3) is 0.400. The predicted molar refractivity (Wildman–Crippen MR) is 65.8 cm³/mol. The topological polar surface area (TPSA) is 57.6 Å². The Bertz CT molecular complexity index is 528. The van der Waals surface area contributed by atoms with Gasteiger partial charge in [-0.05, 0) is 19.1 Å². The first-order valence-electron chi connectivity index (χ1n) is 4.91. The molecular formula is C10H11Cl2NO3S. The normalized spacial score (nSPS) is 20.0. The summed E-state index contributed by atoms with van der Waals surface area (Å²) in [5.41, 5.74) is -0.971. The van der Waals surface area contributed by atoms with E-state index < -0.39 is 15.6 Å². The molecule has 0 saturated carbocycles. The molecule has 1 aromatic rings. The van der Waals surface area contributed by atoms with Crippen LogP contribution >= 0.6 is 23.2 Å². The first-order valence-corrected chi connectivity index (χ1v) is 7.10. The Balaban J connectivity index is 2.40. The molecule has 4 nitrogen and oxygen atoms in total. The number of sulfonamides is 1. The summed E-state index contributed by atoms with van der Waals surface area (Å²) in [6, 6.07) is 4.52. The van der Waals surface area contributed by atoms with Crippen LogP contribution in [0.4, 0.5) is 0 Å². The molecule has 1 N–H and O–H groups in total. The highest BCUT2D eigenvalue weighted by molar-refractivity contribution is 7.89. The first-order chi connectivity index (χ1) is 7.74. The van der Waals surface area contributed by atoms with E-state index in [1.165, 1.54) is 12.1 Å². The summed E-state index contributed by atoms with van der Waals surface area (Å²) in [6.45, 7) is 1.68. The lowest BCUT2D eigenvalue weighted by molar-refractivity contribution is -0.0426. The number of hydrogen-bond acceptors (Lipinski definition) is 3. The number of hydrogen-bond donors (Lipinski definition) is 1. The third-order valence-electron chi connectivity index (χ3n) is 2.55. The molecule has 0 aromatic heterocycles. The minimum absolute atomic E-state index is 0.0525. The van der Waals surface area contributed by atoms with E-state index in [9.17, 15) is 13.5 Å². The van der Waals surface area contributed by atoms with Gasteiger partial charge in [0, 0.05) is 13.1 Å². The van der Waals surface area contributed by atoms with E-state index in [1.807, 2.05) is 0 Å². The van der Waals surface area contributed by atoms with Crippen LogP contribution in [0.3, 0.4) is 0 Å². The van der Waals surface area contributed by atoms with Gasteiger partial charge in [0.05, 0.1) is 15.6 Å². The third kappa shape index (κ3) is 2.30. The molecule has 94 valence electrons. The third-order valence-corrected chi connectivity index (χ3v) is 5.30. The Hall–Kier alpha value is -0.330. The second-order valence-electron chi connectivity index (χ2n) is 4.32. The standard InChI is InChI=1S/C10H11Cl2NO3S/c1-10(14)5-13(6-10)17(15,16)9-7(11)3-2-4-8(9)12/h2-4,14H,5-6H2,1H3. The van der Waals surface area contributed by atoms with Crippen molar-refractivity contribution in [3.8, 4) is 0 Å². The van der Waals surface area contributed by atoms with Gasteiger partial charge in [0.15, 0.2) is 0 Å². The summed E-state index contributed by atoms with van der Waals surface area (Å²) < 4.78 is 25.5. The largest absolute Gasteiger partial charge is 0.387 e. The predicted octanol–water partition coefficient (Wildman–Crippen LogP) is 1.75. The Labute approximate surface area is 110 Å². The molecule has 0 amide bonds. The zero-order chi connectivity index (χ0) is 12.8. The quantitative estimate of drug-likeness (QED) is 0.904. The SMILES string of the molecule is CC1(O)CN(S(=O)(=O)c2c(Cl)cccc2Cl)C1. The molecule has 1 aromatic carbocycles. The summed E-state index contributed by atoms with van der Waals surface area (Å²) in [5, 5.41) is 9.73. The highest BCUT2D eigenvalue weighted by Crippen LogP contribution is 2.35. The summed E-state index contributed by atoms with van der Waals surface area (Å²) in [7, 11) is -3.73. The van der Waals surface area contributed by atoms with E-state index in [4.69, 9.17) is 23.2 Å². The van der Waals surface area contributed by atoms with Crippen LogP contribution in [0.2, 0.25) is 10.0 Å². The van der Waals surface area contributed by atoms with E-state index in [0.717, 1.165) is 4.31 Å². The van der Waals surface area contributed by atoms with Gasteiger partial charge in [-0.3, -0.25) is 0 Å². The molecule has 1 saturated heterocycles. The number of rotatable bonds is 2. The van der Waals surface area contributed by atoms with E-state index in [-0.39, 0.29) is 28.0 Å². The van der Waals surface area contributed by atoms with Crippen molar-refractivity contribution in [2.24, 2.45) is 0 Å². The molecule has 1 aliphatic heterocycles. The van der Waals surface area contributed by atoms with Crippen LogP contribution in [0.25, 0.3) is 0 Å². The number of β-amino-alcohol motifs (C(OH)–C–C–N with tert-alkyl or cyclic N) is 1. The van der Waals surface area contributed by atoms with Gasteiger partial charge in [-0.1, -0.05) is 29.3 Å². The number of benzene rings is 1. The van der Waals surface area contributed by atoms with Gasteiger partial charge in [-0.15, -0.1) is 0 Å². The van der Waals surface area contributed by atoms with Gasteiger partial charge >= 0.3 is 0 Å². The average molecular weight is 296 g/mol. The van der Waals surface area contributed by atoms with Crippen molar-refractivity contribution < 1.29 is 13.5 Å². The molecule has 0 spiro atoms. The Kier molecular flexibility index (Phi) is 3.16. The van der Waals surface area contributed by atoms with Crippen LogP contribution in [-0.4, -0.2) is 36.5 Å². The van der Waals surface area contributed by atoms with Crippen LogP contribution in [-0.2, 0) is 10.0 Å². The molecule has 1 fully saturated rings. The zero-order valence-corrected chi connectivity index (χ0v) is 11.3. The zero-order valence-electron chi connectivity index (χ0n) is 9.02. The maximum Gasteiger partial charge on any atom is 0.246 e. The monoisotopic (exact) mass is 295 g/mol. The van der Waals surface area contributed by atoms with Crippen LogP contribution in [0.15, 0.2) is 23.1 Å². The lowest BCUT2D eigenvalue weighted by Gasteiger charge is -2.43. The minimum Gasteiger partial charge on any atom is -0.387 e. The van der Waals surface area contributed by atoms with Crippen LogP contribution in [0.1, 0.15) is 6.92 Å². The number of aliphatic hydroxyl groups is 1. The van der Waals surface area contributed by atoms with E-state index in [0.29, 0.717) is 0 Å². The molecule has 1 heterocycles. The van der Waals surface area contributed by atoms with E-state index in [1.54, 1.807) is 13.0 Å². The van der Waals surface area contributed by atoms with Gasteiger partial charge in [-0.25, -0.2) is 8.42 Å². The fourth-order valence-electron chi connectivity index (χ4n) is 1.74. The first kappa shape index (κ1) is 13.1. The molecule has 0 unspecified atom stereocenters. The van der Waals surface area contributed by atoms with Gasteiger partial charge in [0.1, 0.15) is 4.90 Å². The van der Waals surface area contributed by atoms with Crippen molar-refractivity contribution >= 4 is 33.2 Å². The van der Waals surface area contributed by atoms with Crippen molar-refractivity contribution in [1.82, 2.24) is 4.31 Å². The Morgan fingerprint density at radius 3 is 2.18 bits per heavy atom. The molecule has 0 radical (unpaired) electrons. The van der Waals surface area contributed by atoms with Crippen molar-refractivity contribution in [2.75, 3.05) is 13.1 Å². The molecule has 17 heavy (non-hydrogen) atoms. The number of halogens is 2. The minimum atomic E-state index is -3.73. The van der Waals surface area contributed by atoms with Gasteiger partial charge in [0.25, 0.3) is 0 Å². The lowest BCUT2D eigenvalue weighted by Crippen LogP contribution is -2.61. The molecular weight excluding hydrogens is 285 g/mol. The number of nitrogens with zero attached hydrogens (tertiary/aromatic N) is 1. The molecule has 1 aliphatic rings. The van der Waals surface area contributed by atoms with Crippen molar-refractivity contribution in [1.29, 1.82) is 0 Å². The highest BCUT2D eigenvalue weighted by Gasteiger charge is 2.45. The molecule has 0 aliphatic carbocycles. The maximum absolute atomic E-state index is 12.2. The van der Waals surface area contributed by atoms with Crippen molar-refractivity contribution in [3.63, 3.8) is 0 Å². The summed E-state index contributed by atoms with van der Waals surface area (Å²) >= 11 is 11.7. The summed E-state index contributed by atoms with van der Waals surface area (Å²) in [4.78, 5) is -0.0983.